The zero-order chi connectivity index (χ0) is 20.5. The number of nitrogens with zero attached hydrogens (tertiary/aromatic N) is 3. The molecule has 7 nitrogen and oxygen atoms in total. The van der Waals surface area contributed by atoms with E-state index in [9.17, 15) is 10.1 Å². The van der Waals surface area contributed by atoms with Crippen molar-refractivity contribution in [1.82, 2.24) is 0 Å². The Bertz CT molecular complexity index is 1270. The summed E-state index contributed by atoms with van der Waals surface area (Å²) in [5, 5.41) is 13.7. The van der Waals surface area contributed by atoms with Gasteiger partial charge < -0.3 is 14.1 Å². The number of aliphatic imine (C=N–C) groups is 1. The molecule has 0 unspecified atom stereocenters. The molecule has 7 heteroatoms. The monoisotopic (exact) mass is 401 g/mol. The molecule has 1 saturated heterocycles. The number of para-hydroxylation sites is 1. The number of furan rings is 1. The van der Waals surface area contributed by atoms with Crippen LogP contribution in [0.4, 0.5) is 17.1 Å². The Kier molecular flexibility index (Phi) is 4.65. The number of fused-ring (bicyclic) bond motifs is 3. The fourth-order valence-electron chi connectivity index (χ4n) is 3.78. The Hall–Kier alpha value is -3.71. The molecule has 0 saturated carbocycles. The van der Waals surface area contributed by atoms with Crippen molar-refractivity contribution in [2.75, 3.05) is 31.2 Å². The SMILES string of the molecule is O=[N+]([O-])c1cc(C=Nc2ccc3c(c2)oc2ccccc23)ccc1N1CCOCC1. The van der Waals surface area contributed by atoms with Crippen LogP contribution in [0.5, 0.6) is 0 Å². The summed E-state index contributed by atoms with van der Waals surface area (Å²) in [6, 6.07) is 18.9. The quantitative estimate of drug-likeness (QED) is 0.271. The van der Waals surface area contributed by atoms with Crippen LogP contribution in [0.2, 0.25) is 0 Å². The largest absolute Gasteiger partial charge is 0.456 e. The highest BCUT2D eigenvalue weighted by Gasteiger charge is 2.21. The van der Waals surface area contributed by atoms with Gasteiger partial charge in [0, 0.05) is 42.2 Å². The molecule has 0 amide bonds. The number of hydrogen-bond acceptors (Lipinski definition) is 6. The van der Waals surface area contributed by atoms with Crippen LogP contribution in [-0.4, -0.2) is 37.4 Å². The highest BCUT2D eigenvalue weighted by Crippen LogP contribution is 2.32. The first-order valence-electron chi connectivity index (χ1n) is 9.75. The van der Waals surface area contributed by atoms with E-state index in [0.717, 1.165) is 27.6 Å². The summed E-state index contributed by atoms with van der Waals surface area (Å²) in [5.41, 5.74) is 3.69. The number of anilines is 1. The van der Waals surface area contributed by atoms with Crippen molar-refractivity contribution >= 4 is 45.2 Å². The Morgan fingerprint density at radius 3 is 2.60 bits per heavy atom. The number of nitro benzene ring substituents is 1. The summed E-state index contributed by atoms with van der Waals surface area (Å²) in [7, 11) is 0. The van der Waals surface area contributed by atoms with E-state index in [1.54, 1.807) is 18.3 Å². The van der Waals surface area contributed by atoms with Crippen molar-refractivity contribution in [2.45, 2.75) is 0 Å². The third-order valence-electron chi connectivity index (χ3n) is 5.27. The molecule has 0 atom stereocenters. The van der Waals surface area contributed by atoms with E-state index < -0.39 is 0 Å². The van der Waals surface area contributed by atoms with Crippen LogP contribution < -0.4 is 4.90 Å². The predicted molar refractivity (Wildman–Crippen MR) is 117 cm³/mol. The summed E-state index contributed by atoms with van der Waals surface area (Å²) >= 11 is 0. The average molecular weight is 401 g/mol. The Morgan fingerprint density at radius 1 is 0.967 bits per heavy atom. The maximum atomic E-state index is 11.6. The van der Waals surface area contributed by atoms with E-state index in [0.29, 0.717) is 37.6 Å². The molecule has 150 valence electrons. The normalized spacial score (nSPS) is 14.7. The standard InChI is InChI=1S/C23H19N3O4/c27-26(28)21-13-16(5-8-20(21)25-9-11-29-12-10-25)15-24-17-6-7-19-18-3-1-2-4-22(18)30-23(19)14-17/h1-8,13-15H,9-12H2. The summed E-state index contributed by atoms with van der Waals surface area (Å²) in [6.07, 6.45) is 1.64. The minimum absolute atomic E-state index is 0.0774. The topological polar surface area (TPSA) is 81.1 Å². The van der Waals surface area contributed by atoms with Crippen molar-refractivity contribution in [3.8, 4) is 0 Å². The average Bonchev–Trinajstić information content (AvgIpc) is 3.16. The molecule has 0 aliphatic carbocycles. The second-order valence-electron chi connectivity index (χ2n) is 7.14. The lowest BCUT2D eigenvalue weighted by Crippen LogP contribution is -2.36. The second-order valence-corrected chi connectivity index (χ2v) is 7.14. The Balaban J connectivity index is 1.45. The zero-order valence-electron chi connectivity index (χ0n) is 16.2. The zero-order valence-corrected chi connectivity index (χ0v) is 16.2. The molecular formula is C23H19N3O4. The molecule has 1 aliphatic heterocycles. The molecule has 5 rings (SSSR count). The van der Waals surface area contributed by atoms with Crippen LogP contribution in [-0.2, 0) is 4.74 Å². The van der Waals surface area contributed by atoms with Crippen LogP contribution >= 0.6 is 0 Å². The van der Waals surface area contributed by atoms with E-state index in [1.807, 2.05) is 53.4 Å². The Morgan fingerprint density at radius 2 is 1.77 bits per heavy atom. The van der Waals surface area contributed by atoms with Crippen molar-refractivity contribution in [2.24, 2.45) is 4.99 Å². The maximum Gasteiger partial charge on any atom is 0.293 e. The van der Waals surface area contributed by atoms with Crippen molar-refractivity contribution in [3.05, 3.63) is 76.3 Å². The fourth-order valence-corrected chi connectivity index (χ4v) is 3.78. The second kappa shape index (κ2) is 7.61. The van der Waals surface area contributed by atoms with Crippen molar-refractivity contribution < 1.29 is 14.1 Å². The van der Waals surface area contributed by atoms with E-state index >= 15 is 0 Å². The summed E-state index contributed by atoms with van der Waals surface area (Å²) in [4.78, 5) is 17.8. The summed E-state index contributed by atoms with van der Waals surface area (Å²) < 4.78 is 11.2. The van der Waals surface area contributed by atoms with Gasteiger partial charge in [-0.3, -0.25) is 15.1 Å². The van der Waals surface area contributed by atoms with Gasteiger partial charge in [0.15, 0.2) is 0 Å². The molecule has 3 aromatic carbocycles. The molecular weight excluding hydrogens is 382 g/mol. The molecule has 0 radical (unpaired) electrons. The van der Waals surface area contributed by atoms with Gasteiger partial charge in [0.05, 0.1) is 23.8 Å². The molecule has 0 bridgehead atoms. The molecule has 4 aromatic rings. The molecule has 0 spiro atoms. The highest BCUT2D eigenvalue weighted by molar-refractivity contribution is 6.05. The number of rotatable bonds is 4. The van der Waals surface area contributed by atoms with Gasteiger partial charge in [0.25, 0.3) is 5.69 Å². The van der Waals surface area contributed by atoms with Crippen LogP contribution in [0, 0.1) is 10.1 Å². The van der Waals surface area contributed by atoms with Gasteiger partial charge in [-0.25, -0.2) is 0 Å². The molecule has 1 fully saturated rings. The molecule has 0 N–H and O–H groups in total. The molecule has 2 heterocycles. The first-order chi connectivity index (χ1) is 14.7. The number of morpholine rings is 1. The smallest absolute Gasteiger partial charge is 0.293 e. The third kappa shape index (κ3) is 3.40. The van der Waals surface area contributed by atoms with Crippen LogP contribution in [0.25, 0.3) is 21.9 Å². The van der Waals surface area contributed by atoms with Gasteiger partial charge >= 0.3 is 0 Å². The summed E-state index contributed by atoms with van der Waals surface area (Å²) in [5.74, 6) is 0. The van der Waals surface area contributed by atoms with Gasteiger partial charge in [-0.15, -0.1) is 0 Å². The molecule has 30 heavy (non-hydrogen) atoms. The van der Waals surface area contributed by atoms with Crippen LogP contribution in [0.1, 0.15) is 5.56 Å². The van der Waals surface area contributed by atoms with Gasteiger partial charge in [0.2, 0.25) is 0 Å². The first-order valence-corrected chi connectivity index (χ1v) is 9.75. The molecule has 1 aliphatic rings. The van der Waals surface area contributed by atoms with Crippen molar-refractivity contribution in [3.63, 3.8) is 0 Å². The lowest BCUT2D eigenvalue weighted by molar-refractivity contribution is -0.384. The van der Waals surface area contributed by atoms with E-state index in [1.165, 1.54) is 0 Å². The van der Waals surface area contributed by atoms with Crippen LogP contribution in [0.15, 0.2) is 70.1 Å². The highest BCUT2D eigenvalue weighted by atomic mass is 16.6. The lowest BCUT2D eigenvalue weighted by Gasteiger charge is -2.28. The number of benzene rings is 3. The number of nitro groups is 1. The van der Waals surface area contributed by atoms with E-state index in [4.69, 9.17) is 9.15 Å². The number of hydrogen-bond donors (Lipinski definition) is 0. The van der Waals surface area contributed by atoms with Gasteiger partial charge in [-0.05, 0) is 29.8 Å². The fraction of sp³-hybridized carbons (Fsp3) is 0.174. The molecule has 1 aromatic heterocycles. The maximum absolute atomic E-state index is 11.6. The minimum atomic E-state index is -0.345. The van der Waals surface area contributed by atoms with Gasteiger partial charge in [-0.2, -0.15) is 0 Å². The van der Waals surface area contributed by atoms with E-state index in [2.05, 4.69) is 4.99 Å². The van der Waals surface area contributed by atoms with Gasteiger partial charge in [0.1, 0.15) is 16.9 Å². The third-order valence-corrected chi connectivity index (χ3v) is 5.27. The van der Waals surface area contributed by atoms with E-state index in [-0.39, 0.29) is 10.6 Å². The van der Waals surface area contributed by atoms with Crippen LogP contribution in [0.3, 0.4) is 0 Å². The van der Waals surface area contributed by atoms with Gasteiger partial charge in [-0.1, -0.05) is 24.3 Å². The number of ether oxygens (including phenoxy) is 1. The van der Waals surface area contributed by atoms with Crippen molar-refractivity contribution in [1.29, 1.82) is 0 Å². The first kappa shape index (κ1) is 18.3. The predicted octanol–water partition coefficient (Wildman–Crippen LogP) is 5.08. The lowest BCUT2D eigenvalue weighted by atomic mass is 10.1. The summed E-state index contributed by atoms with van der Waals surface area (Å²) in [6.45, 7) is 2.44. The minimum Gasteiger partial charge on any atom is -0.456 e. The Labute approximate surface area is 172 Å².